The zero-order valence-corrected chi connectivity index (χ0v) is 16.5. The maximum Gasteiger partial charge on any atom is 0.246 e. The molecule has 0 spiro atoms. The summed E-state index contributed by atoms with van der Waals surface area (Å²) in [5.41, 5.74) is 0.624. The van der Waals surface area contributed by atoms with Crippen molar-refractivity contribution < 1.29 is 13.9 Å². The molecule has 1 saturated carbocycles. The second kappa shape index (κ2) is 9.18. The van der Waals surface area contributed by atoms with Gasteiger partial charge in [0.05, 0.1) is 6.20 Å². The molecular weight excluding hydrogens is 369 g/mol. The van der Waals surface area contributed by atoms with Gasteiger partial charge in [0.25, 0.3) is 0 Å². The number of benzene rings is 1. The molecule has 1 saturated heterocycles. The highest BCUT2D eigenvalue weighted by atomic mass is 19.1. The summed E-state index contributed by atoms with van der Waals surface area (Å²) in [6.45, 7) is 3.40. The molecular formula is C23H26FN3O2. The van der Waals surface area contributed by atoms with E-state index in [1.54, 1.807) is 36.5 Å². The first kappa shape index (κ1) is 19.6. The van der Waals surface area contributed by atoms with Gasteiger partial charge in [0.2, 0.25) is 5.91 Å². The molecule has 2 aromatic rings. The number of carbonyl (C=O) groups is 1. The van der Waals surface area contributed by atoms with Crippen LogP contribution in [0.4, 0.5) is 4.39 Å². The Hall–Kier alpha value is -2.73. The van der Waals surface area contributed by atoms with Crippen molar-refractivity contribution in [3.63, 3.8) is 0 Å². The fraction of sp³-hybridized carbons (Fsp3) is 0.391. The SMILES string of the molecule is O=C(/C=C/c1ccc(Oc2cccnc2)c(F)c1)N1CCN(C2CCCC2)CC1. The summed E-state index contributed by atoms with van der Waals surface area (Å²) in [7, 11) is 0. The third-order valence-electron chi connectivity index (χ3n) is 5.70. The minimum Gasteiger partial charge on any atom is -0.453 e. The van der Waals surface area contributed by atoms with Crippen LogP contribution in [0, 0.1) is 5.82 Å². The molecule has 0 radical (unpaired) electrons. The maximum atomic E-state index is 14.3. The quantitative estimate of drug-likeness (QED) is 0.715. The Balaban J connectivity index is 1.31. The molecule has 5 nitrogen and oxygen atoms in total. The summed E-state index contributed by atoms with van der Waals surface area (Å²) in [6.07, 6.45) is 11.6. The molecule has 1 aliphatic carbocycles. The minimum absolute atomic E-state index is 0.0211. The van der Waals surface area contributed by atoms with E-state index in [9.17, 15) is 9.18 Å². The summed E-state index contributed by atoms with van der Waals surface area (Å²) in [6, 6.07) is 8.81. The van der Waals surface area contributed by atoms with Gasteiger partial charge in [-0.25, -0.2) is 4.39 Å². The number of halogens is 1. The molecule has 1 aliphatic heterocycles. The Morgan fingerprint density at radius 3 is 2.62 bits per heavy atom. The molecule has 0 bridgehead atoms. The summed E-state index contributed by atoms with van der Waals surface area (Å²) in [5, 5.41) is 0. The molecule has 4 rings (SSSR count). The van der Waals surface area contributed by atoms with Crippen molar-refractivity contribution in [3.05, 3.63) is 60.2 Å². The highest BCUT2D eigenvalue weighted by Gasteiger charge is 2.27. The van der Waals surface area contributed by atoms with E-state index in [1.807, 2.05) is 4.90 Å². The zero-order chi connectivity index (χ0) is 20.1. The van der Waals surface area contributed by atoms with Crippen LogP contribution in [0.25, 0.3) is 6.08 Å². The Morgan fingerprint density at radius 2 is 1.93 bits per heavy atom. The molecule has 2 fully saturated rings. The molecule has 2 heterocycles. The summed E-state index contributed by atoms with van der Waals surface area (Å²) in [5.74, 6) is 0.104. The van der Waals surface area contributed by atoms with Gasteiger partial charge in [-0.05, 0) is 48.7 Å². The Bertz CT molecular complexity index is 858. The monoisotopic (exact) mass is 395 g/mol. The molecule has 1 aromatic heterocycles. The van der Waals surface area contributed by atoms with Crippen LogP contribution in [0.1, 0.15) is 31.2 Å². The number of aromatic nitrogens is 1. The summed E-state index contributed by atoms with van der Waals surface area (Å²) < 4.78 is 19.8. The lowest BCUT2D eigenvalue weighted by atomic mass is 10.1. The summed E-state index contributed by atoms with van der Waals surface area (Å²) in [4.78, 5) is 20.8. The van der Waals surface area contributed by atoms with E-state index in [4.69, 9.17) is 4.74 Å². The molecule has 0 N–H and O–H groups in total. The number of rotatable bonds is 5. The average Bonchev–Trinajstić information content (AvgIpc) is 3.30. The Kier molecular flexibility index (Phi) is 6.20. The van der Waals surface area contributed by atoms with E-state index >= 15 is 0 Å². The number of piperazine rings is 1. The van der Waals surface area contributed by atoms with E-state index in [0.29, 0.717) is 17.4 Å². The first-order valence-corrected chi connectivity index (χ1v) is 10.3. The van der Waals surface area contributed by atoms with Crippen molar-refractivity contribution in [2.24, 2.45) is 0 Å². The van der Waals surface area contributed by atoms with E-state index < -0.39 is 5.82 Å². The van der Waals surface area contributed by atoms with Crippen molar-refractivity contribution in [3.8, 4) is 11.5 Å². The van der Waals surface area contributed by atoms with Gasteiger partial charge in [-0.15, -0.1) is 0 Å². The molecule has 6 heteroatoms. The van der Waals surface area contributed by atoms with Crippen LogP contribution < -0.4 is 4.74 Å². The van der Waals surface area contributed by atoms with Crippen molar-refractivity contribution in [1.82, 2.24) is 14.8 Å². The second-order valence-corrected chi connectivity index (χ2v) is 7.61. The number of hydrogen-bond donors (Lipinski definition) is 0. The van der Waals surface area contributed by atoms with Crippen LogP contribution in [0.15, 0.2) is 48.8 Å². The van der Waals surface area contributed by atoms with Crippen LogP contribution in [0.5, 0.6) is 11.5 Å². The molecule has 1 amide bonds. The predicted molar refractivity (Wildman–Crippen MR) is 110 cm³/mol. The van der Waals surface area contributed by atoms with Gasteiger partial charge >= 0.3 is 0 Å². The topological polar surface area (TPSA) is 45.7 Å². The lowest BCUT2D eigenvalue weighted by Gasteiger charge is -2.37. The fourth-order valence-corrected chi connectivity index (χ4v) is 4.09. The van der Waals surface area contributed by atoms with Gasteiger partial charge in [0, 0.05) is 44.5 Å². The number of amides is 1. The minimum atomic E-state index is -0.478. The van der Waals surface area contributed by atoms with Crippen LogP contribution in [-0.2, 0) is 4.79 Å². The lowest BCUT2D eigenvalue weighted by molar-refractivity contribution is -0.127. The number of carbonyl (C=O) groups excluding carboxylic acids is 1. The van der Waals surface area contributed by atoms with Crippen LogP contribution >= 0.6 is 0 Å². The molecule has 2 aliphatic rings. The zero-order valence-electron chi connectivity index (χ0n) is 16.5. The molecule has 152 valence electrons. The smallest absolute Gasteiger partial charge is 0.246 e. The number of ether oxygens (including phenoxy) is 1. The van der Waals surface area contributed by atoms with Crippen molar-refractivity contribution in [2.45, 2.75) is 31.7 Å². The molecule has 0 atom stereocenters. The van der Waals surface area contributed by atoms with Crippen LogP contribution in [0.2, 0.25) is 0 Å². The highest BCUT2D eigenvalue weighted by molar-refractivity contribution is 5.91. The van der Waals surface area contributed by atoms with Crippen LogP contribution in [-0.4, -0.2) is 52.9 Å². The maximum absolute atomic E-state index is 14.3. The van der Waals surface area contributed by atoms with Gasteiger partial charge in [-0.3, -0.25) is 14.7 Å². The average molecular weight is 395 g/mol. The second-order valence-electron chi connectivity index (χ2n) is 7.61. The third-order valence-corrected chi connectivity index (χ3v) is 5.70. The largest absolute Gasteiger partial charge is 0.453 e. The molecule has 29 heavy (non-hydrogen) atoms. The lowest BCUT2D eigenvalue weighted by Crippen LogP contribution is -2.51. The first-order chi connectivity index (χ1) is 14.2. The number of pyridine rings is 1. The van der Waals surface area contributed by atoms with Crippen molar-refractivity contribution in [2.75, 3.05) is 26.2 Å². The van der Waals surface area contributed by atoms with Crippen molar-refractivity contribution >= 4 is 12.0 Å². The van der Waals surface area contributed by atoms with Gasteiger partial charge < -0.3 is 9.64 Å². The standard InChI is InChI=1S/C23H26FN3O2/c24-21-16-18(7-9-22(21)29-20-6-3-11-25-17-20)8-10-23(28)27-14-12-26(13-15-27)19-4-1-2-5-19/h3,6-11,16-17,19H,1-2,4-5,12-15H2/b10-8+. The van der Waals surface area contributed by atoms with Gasteiger partial charge in [-0.2, -0.15) is 0 Å². The normalized spacial score (nSPS) is 18.4. The fourth-order valence-electron chi connectivity index (χ4n) is 4.09. The Labute approximate surface area is 170 Å². The Morgan fingerprint density at radius 1 is 1.14 bits per heavy atom. The van der Waals surface area contributed by atoms with Gasteiger partial charge in [-0.1, -0.05) is 18.9 Å². The predicted octanol–water partition coefficient (Wildman–Crippen LogP) is 4.11. The number of hydrogen-bond acceptors (Lipinski definition) is 4. The van der Waals surface area contributed by atoms with Gasteiger partial charge in [0.1, 0.15) is 5.75 Å². The van der Waals surface area contributed by atoms with E-state index in [-0.39, 0.29) is 11.7 Å². The van der Waals surface area contributed by atoms with Gasteiger partial charge in [0.15, 0.2) is 11.6 Å². The first-order valence-electron chi connectivity index (χ1n) is 10.3. The van der Waals surface area contributed by atoms with Crippen molar-refractivity contribution in [1.29, 1.82) is 0 Å². The van der Waals surface area contributed by atoms with E-state index in [2.05, 4.69) is 9.88 Å². The van der Waals surface area contributed by atoms with E-state index in [1.165, 1.54) is 44.0 Å². The van der Waals surface area contributed by atoms with Crippen LogP contribution in [0.3, 0.4) is 0 Å². The third kappa shape index (κ3) is 5.01. The highest BCUT2D eigenvalue weighted by Crippen LogP contribution is 2.26. The summed E-state index contributed by atoms with van der Waals surface area (Å²) >= 11 is 0. The molecule has 1 aromatic carbocycles. The van der Waals surface area contributed by atoms with E-state index in [0.717, 1.165) is 26.2 Å². The molecule has 0 unspecified atom stereocenters. The number of nitrogens with zero attached hydrogens (tertiary/aromatic N) is 3.